The first-order valence-electron chi connectivity index (χ1n) is 11.7. The van der Waals surface area contributed by atoms with Crippen molar-refractivity contribution in [2.45, 2.75) is 50.5 Å². The van der Waals surface area contributed by atoms with Crippen LogP contribution < -0.4 is 4.74 Å². The van der Waals surface area contributed by atoms with E-state index in [0.717, 1.165) is 36.6 Å². The normalized spacial score (nSPS) is 16.0. The van der Waals surface area contributed by atoms with Crippen molar-refractivity contribution in [2.24, 2.45) is 0 Å². The zero-order valence-electron chi connectivity index (χ0n) is 20.2. The summed E-state index contributed by atoms with van der Waals surface area (Å²) in [7, 11) is -2.48. The predicted octanol–water partition coefficient (Wildman–Crippen LogP) is 4.48. The summed E-state index contributed by atoms with van der Waals surface area (Å²) < 4.78 is 39.0. The SMILES string of the molecule is COc1ccc(C(=O)OC(C)C(=O)c2c(C)[nH]c3ccccc23)cc1S(=O)(=O)N1CCCCCC1. The van der Waals surface area contributed by atoms with Crippen LogP contribution in [0.2, 0.25) is 0 Å². The molecule has 0 radical (unpaired) electrons. The number of nitrogens with zero attached hydrogens (tertiary/aromatic N) is 1. The molecule has 0 saturated carbocycles. The van der Waals surface area contributed by atoms with E-state index in [9.17, 15) is 18.0 Å². The van der Waals surface area contributed by atoms with Crippen LogP contribution in [0.4, 0.5) is 0 Å². The lowest BCUT2D eigenvalue weighted by atomic mass is 10.0. The lowest BCUT2D eigenvalue weighted by Crippen LogP contribution is -2.32. The molecule has 0 spiro atoms. The number of benzene rings is 2. The first kappa shape index (κ1) is 24.9. The molecule has 1 aliphatic heterocycles. The van der Waals surface area contributed by atoms with Gasteiger partial charge in [-0.3, -0.25) is 4.79 Å². The number of rotatable bonds is 7. The fraction of sp³-hybridized carbons (Fsp3) is 0.385. The van der Waals surface area contributed by atoms with Gasteiger partial charge < -0.3 is 14.5 Å². The Labute approximate surface area is 205 Å². The van der Waals surface area contributed by atoms with Crippen LogP contribution in [0.3, 0.4) is 0 Å². The van der Waals surface area contributed by atoms with Crippen molar-refractivity contribution in [3.05, 3.63) is 59.3 Å². The van der Waals surface area contributed by atoms with Crippen LogP contribution in [0.5, 0.6) is 5.75 Å². The highest BCUT2D eigenvalue weighted by atomic mass is 32.2. The maximum Gasteiger partial charge on any atom is 0.338 e. The number of carbonyl (C=O) groups is 2. The predicted molar refractivity (Wildman–Crippen MR) is 132 cm³/mol. The third-order valence-electron chi connectivity index (χ3n) is 6.38. The quantitative estimate of drug-likeness (QED) is 0.380. The number of methoxy groups -OCH3 is 1. The summed E-state index contributed by atoms with van der Waals surface area (Å²) in [5.41, 5.74) is 2.02. The van der Waals surface area contributed by atoms with Gasteiger partial charge in [0.05, 0.1) is 12.7 Å². The average Bonchev–Trinajstić information content (AvgIpc) is 3.00. The number of esters is 1. The standard InChI is InChI=1S/C26H30N2O6S/c1-17-24(20-10-6-7-11-21(20)27-17)25(29)18(2)34-26(30)19-12-13-22(33-3)23(16-19)35(31,32)28-14-8-4-5-9-15-28/h6-7,10-13,16,18,27H,4-5,8-9,14-15H2,1-3H3. The largest absolute Gasteiger partial charge is 0.495 e. The fourth-order valence-corrected chi connectivity index (χ4v) is 6.20. The van der Waals surface area contributed by atoms with E-state index >= 15 is 0 Å². The van der Waals surface area contributed by atoms with Crippen LogP contribution in [-0.2, 0) is 14.8 Å². The Morgan fingerprint density at radius 2 is 1.71 bits per heavy atom. The lowest BCUT2D eigenvalue weighted by molar-refractivity contribution is 0.0319. The lowest BCUT2D eigenvalue weighted by Gasteiger charge is -2.21. The van der Waals surface area contributed by atoms with Gasteiger partial charge >= 0.3 is 5.97 Å². The van der Waals surface area contributed by atoms with Crippen molar-refractivity contribution < 1.29 is 27.5 Å². The fourth-order valence-electron chi connectivity index (χ4n) is 4.51. The summed E-state index contributed by atoms with van der Waals surface area (Å²) in [6, 6.07) is 11.6. The number of H-pyrrole nitrogens is 1. The second-order valence-electron chi connectivity index (χ2n) is 8.77. The minimum atomic E-state index is -3.86. The molecule has 8 nitrogen and oxygen atoms in total. The molecule has 0 amide bonds. The Morgan fingerprint density at radius 3 is 2.40 bits per heavy atom. The molecule has 1 aliphatic rings. The van der Waals surface area contributed by atoms with Gasteiger partial charge in [-0.05, 0) is 51.0 Å². The zero-order valence-corrected chi connectivity index (χ0v) is 21.0. The van der Waals surface area contributed by atoms with Gasteiger partial charge in [0.25, 0.3) is 0 Å². The molecule has 1 atom stereocenters. The zero-order chi connectivity index (χ0) is 25.2. The van der Waals surface area contributed by atoms with E-state index in [1.807, 2.05) is 24.3 Å². The molecule has 3 aromatic rings. The molecule has 1 aromatic heterocycles. The van der Waals surface area contributed by atoms with Gasteiger partial charge in [0.15, 0.2) is 6.10 Å². The average molecular weight is 499 g/mol. The molecular formula is C26H30N2O6S. The van der Waals surface area contributed by atoms with E-state index in [2.05, 4.69) is 4.98 Å². The summed E-state index contributed by atoms with van der Waals surface area (Å²) in [4.78, 5) is 29.2. The van der Waals surface area contributed by atoms with Crippen LogP contribution in [0, 0.1) is 6.92 Å². The second kappa shape index (κ2) is 10.2. The van der Waals surface area contributed by atoms with Crippen molar-refractivity contribution in [3.63, 3.8) is 0 Å². The topological polar surface area (TPSA) is 106 Å². The summed E-state index contributed by atoms with van der Waals surface area (Å²) in [6.45, 7) is 4.16. The van der Waals surface area contributed by atoms with E-state index in [1.165, 1.54) is 36.5 Å². The summed E-state index contributed by atoms with van der Waals surface area (Å²) in [6.07, 6.45) is 2.48. The number of aromatic amines is 1. The molecule has 1 unspecified atom stereocenters. The minimum Gasteiger partial charge on any atom is -0.495 e. The van der Waals surface area contributed by atoms with Gasteiger partial charge in [-0.2, -0.15) is 4.31 Å². The monoisotopic (exact) mass is 498 g/mol. The van der Waals surface area contributed by atoms with Crippen molar-refractivity contribution >= 4 is 32.7 Å². The number of sulfonamides is 1. The number of carbonyl (C=O) groups excluding carboxylic acids is 2. The number of Topliss-reactive ketones (excluding diaryl/α,β-unsaturated/α-hetero) is 1. The molecular weight excluding hydrogens is 468 g/mol. The van der Waals surface area contributed by atoms with Crippen LogP contribution >= 0.6 is 0 Å². The smallest absolute Gasteiger partial charge is 0.338 e. The number of nitrogens with one attached hydrogen (secondary N) is 1. The van der Waals surface area contributed by atoms with E-state index in [4.69, 9.17) is 9.47 Å². The van der Waals surface area contributed by atoms with Gasteiger partial charge in [0, 0.05) is 35.2 Å². The third kappa shape index (κ3) is 4.97. The van der Waals surface area contributed by atoms with Crippen LogP contribution in [0.1, 0.15) is 59.0 Å². The Morgan fingerprint density at radius 1 is 1.03 bits per heavy atom. The first-order valence-corrected chi connectivity index (χ1v) is 13.2. The minimum absolute atomic E-state index is 0.0366. The highest BCUT2D eigenvalue weighted by Crippen LogP contribution is 2.30. The molecule has 9 heteroatoms. The number of fused-ring (bicyclic) bond motifs is 1. The Balaban J connectivity index is 1.59. The van der Waals surface area contributed by atoms with Crippen LogP contribution in [0.15, 0.2) is 47.4 Å². The number of para-hydroxylation sites is 1. The first-order chi connectivity index (χ1) is 16.7. The van der Waals surface area contributed by atoms with Crippen molar-refractivity contribution in [1.82, 2.24) is 9.29 Å². The number of hydrogen-bond donors (Lipinski definition) is 1. The molecule has 2 heterocycles. The number of aryl methyl sites for hydroxylation is 1. The van der Waals surface area contributed by atoms with E-state index in [0.29, 0.717) is 24.3 Å². The summed E-state index contributed by atoms with van der Waals surface area (Å²) in [5.74, 6) is -0.957. The molecule has 35 heavy (non-hydrogen) atoms. The Kier molecular flexibility index (Phi) is 7.28. The maximum absolute atomic E-state index is 13.4. The number of ether oxygens (including phenoxy) is 2. The van der Waals surface area contributed by atoms with Crippen molar-refractivity contribution in [2.75, 3.05) is 20.2 Å². The molecule has 2 aromatic carbocycles. The Hall–Kier alpha value is -3.17. The van der Waals surface area contributed by atoms with Crippen LogP contribution in [0.25, 0.3) is 10.9 Å². The summed E-state index contributed by atoms with van der Waals surface area (Å²) in [5, 5.41) is 0.758. The van der Waals surface area contributed by atoms with E-state index in [-0.39, 0.29) is 22.0 Å². The maximum atomic E-state index is 13.4. The van der Waals surface area contributed by atoms with Gasteiger partial charge in [-0.15, -0.1) is 0 Å². The molecule has 1 N–H and O–H groups in total. The molecule has 186 valence electrons. The molecule has 0 bridgehead atoms. The summed E-state index contributed by atoms with van der Waals surface area (Å²) >= 11 is 0. The number of hydrogen-bond acceptors (Lipinski definition) is 6. The van der Waals surface area contributed by atoms with E-state index < -0.39 is 22.1 Å². The Bertz CT molecular complexity index is 1350. The third-order valence-corrected chi connectivity index (χ3v) is 8.30. The number of ketones is 1. The molecule has 1 saturated heterocycles. The molecule has 1 fully saturated rings. The number of aromatic nitrogens is 1. The van der Waals surface area contributed by atoms with Crippen molar-refractivity contribution in [3.8, 4) is 5.75 Å². The van der Waals surface area contributed by atoms with Crippen molar-refractivity contribution in [1.29, 1.82) is 0 Å². The molecule has 4 rings (SSSR count). The van der Waals surface area contributed by atoms with E-state index in [1.54, 1.807) is 6.92 Å². The van der Waals surface area contributed by atoms with Gasteiger partial charge in [0.1, 0.15) is 10.6 Å². The van der Waals surface area contributed by atoms with Gasteiger partial charge in [-0.25, -0.2) is 13.2 Å². The molecule has 0 aliphatic carbocycles. The highest BCUT2D eigenvalue weighted by Gasteiger charge is 2.30. The van der Waals surface area contributed by atoms with Gasteiger partial charge in [-0.1, -0.05) is 31.0 Å². The van der Waals surface area contributed by atoms with Crippen LogP contribution in [-0.4, -0.2) is 55.8 Å². The second-order valence-corrected chi connectivity index (χ2v) is 10.7. The van der Waals surface area contributed by atoms with Gasteiger partial charge in [0.2, 0.25) is 15.8 Å². The highest BCUT2D eigenvalue weighted by molar-refractivity contribution is 7.89.